The molecule has 106 valence electrons. The molecule has 0 bridgehead atoms. The van der Waals surface area contributed by atoms with Crippen molar-refractivity contribution in [3.05, 3.63) is 28.2 Å². The van der Waals surface area contributed by atoms with Crippen molar-refractivity contribution in [3.8, 4) is 5.75 Å². The third-order valence-electron chi connectivity index (χ3n) is 3.26. The van der Waals surface area contributed by atoms with Gasteiger partial charge in [-0.05, 0) is 55.0 Å². The molecule has 1 saturated heterocycles. The molecule has 2 nitrogen and oxygen atoms in total. The van der Waals surface area contributed by atoms with Crippen LogP contribution in [0.25, 0.3) is 0 Å². The van der Waals surface area contributed by atoms with Gasteiger partial charge in [-0.25, -0.2) is 0 Å². The predicted octanol–water partition coefficient (Wildman–Crippen LogP) is 4.08. The summed E-state index contributed by atoms with van der Waals surface area (Å²) < 4.78 is 6.91. The summed E-state index contributed by atoms with van der Waals surface area (Å²) in [5.74, 6) is 4.49. The van der Waals surface area contributed by atoms with Gasteiger partial charge in [0.25, 0.3) is 0 Å². The third kappa shape index (κ3) is 5.01. The molecule has 1 aliphatic heterocycles. The first-order chi connectivity index (χ1) is 9.29. The molecule has 0 aliphatic carbocycles. The smallest absolute Gasteiger partial charge is 0.123 e. The van der Waals surface area contributed by atoms with Gasteiger partial charge < -0.3 is 10.1 Å². The molecule has 1 aromatic carbocycles. The minimum atomic E-state index is 0.786. The van der Waals surface area contributed by atoms with Crippen LogP contribution in [0.1, 0.15) is 25.3 Å². The number of halogens is 1. The van der Waals surface area contributed by atoms with Gasteiger partial charge in [-0.1, -0.05) is 22.9 Å². The Morgan fingerprint density at radius 3 is 3.11 bits per heavy atom. The Kier molecular flexibility index (Phi) is 6.54. The summed E-state index contributed by atoms with van der Waals surface area (Å²) in [6, 6.07) is 6.26. The summed E-state index contributed by atoms with van der Waals surface area (Å²) in [4.78, 5) is 0. The van der Waals surface area contributed by atoms with Crippen molar-refractivity contribution >= 4 is 27.7 Å². The van der Waals surface area contributed by atoms with Gasteiger partial charge in [0.15, 0.2) is 0 Å². The Morgan fingerprint density at radius 2 is 2.37 bits per heavy atom. The fraction of sp³-hybridized carbons (Fsp3) is 0.600. The first-order valence-electron chi connectivity index (χ1n) is 6.99. The Hall–Kier alpha value is -0.190. The van der Waals surface area contributed by atoms with Crippen molar-refractivity contribution in [1.82, 2.24) is 5.32 Å². The average molecular weight is 344 g/mol. The van der Waals surface area contributed by atoms with Gasteiger partial charge in [0.2, 0.25) is 0 Å². The van der Waals surface area contributed by atoms with E-state index in [-0.39, 0.29) is 0 Å². The molecule has 1 fully saturated rings. The second-order valence-corrected chi connectivity index (χ2v) is 7.03. The van der Waals surface area contributed by atoms with Crippen molar-refractivity contribution in [1.29, 1.82) is 0 Å². The van der Waals surface area contributed by atoms with Gasteiger partial charge in [0.05, 0.1) is 6.61 Å². The summed E-state index contributed by atoms with van der Waals surface area (Å²) in [5, 5.41) is 3.57. The molecule has 2 rings (SSSR count). The Morgan fingerprint density at radius 1 is 1.47 bits per heavy atom. The van der Waals surface area contributed by atoms with E-state index >= 15 is 0 Å². The third-order valence-corrected chi connectivity index (χ3v) is 4.98. The molecule has 1 atom stereocenters. The summed E-state index contributed by atoms with van der Waals surface area (Å²) in [5.41, 5.74) is 1.24. The molecular weight excluding hydrogens is 322 g/mol. The number of nitrogens with one attached hydrogen (secondary N) is 1. The van der Waals surface area contributed by atoms with Crippen LogP contribution in [-0.2, 0) is 6.54 Å². The first kappa shape index (κ1) is 15.2. The minimum Gasteiger partial charge on any atom is -0.493 e. The Labute approximate surface area is 128 Å². The van der Waals surface area contributed by atoms with Gasteiger partial charge in [0, 0.05) is 16.6 Å². The molecule has 1 aromatic rings. The fourth-order valence-corrected chi connectivity index (χ4v) is 3.89. The van der Waals surface area contributed by atoms with Crippen LogP contribution < -0.4 is 10.1 Å². The molecule has 0 amide bonds. The van der Waals surface area contributed by atoms with Gasteiger partial charge in [-0.15, -0.1) is 0 Å². The summed E-state index contributed by atoms with van der Waals surface area (Å²) in [7, 11) is 0. The standard InChI is InChI=1S/C15H22BrNOS/c1-2-6-18-15-4-3-14(16)8-13(15)10-17-9-12-5-7-19-11-12/h3-4,8,12,17H,2,5-7,9-11H2,1H3. The van der Waals surface area contributed by atoms with Crippen molar-refractivity contribution in [2.24, 2.45) is 5.92 Å². The molecule has 0 spiro atoms. The second-order valence-electron chi connectivity index (χ2n) is 4.96. The molecule has 1 aliphatic rings. The Balaban J connectivity index is 1.87. The normalized spacial score (nSPS) is 18.7. The molecule has 1 unspecified atom stereocenters. The summed E-state index contributed by atoms with van der Waals surface area (Å²) in [6.07, 6.45) is 2.40. The van der Waals surface area contributed by atoms with E-state index in [2.05, 4.69) is 52.1 Å². The van der Waals surface area contributed by atoms with Crippen molar-refractivity contribution in [2.75, 3.05) is 24.7 Å². The van der Waals surface area contributed by atoms with Crippen molar-refractivity contribution in [3.63, 3.8) is 0 Å². The van der Waals surface area contributed by atoms with Gasteiger partial charge in [0.1, 0.15) is 5.75 Å². The summed E-state index contributed by atoms with van der Waals surface area (Å²) >= 11 is 5.61. The van der Waals surface area contributed by atoms with E-state index < -0.39 is 0 Å². The van der Waals surface area contributed by atoms with Crippen LogP contribution in [0.5, 0.6) is 5.75 Å². The SMILES string of the molecule is CCCOc1ccc(Br)cc1CNCC1CCSC1. The van der Waals surface area contributed by atoms with Crippen LogP contribution in [0.4, 0.5) is 0 Å². The number of hydrogen-bond donors (Lipinski definition) is 1. The lowest BCUT2D eigenvalue weighted by Crippen LogP contribution is -2.22. The first-order valence-corrected chi connectivity index (χ1v) is 8.94. The van der Waals surface area contributed by atoms with Crippen LogP contribution in [0.15, 0.2) is 22.7 Å². The van der Waals surface area contributed by atoms with Gasteiger partial charge >= 0.3 is 0 Å². The van der Waals surface area contributed by atoms with Crippen LogP contribution in [-0.4, -0.2) is 24.7 Å². The van der Waals surface area contributed by atoms with E-state index in [0.29, 0.717) is 0 Å². The number of ether oxygens (including phenoxy) is 1. The molecule has 1 heterocycles. The highest BCUT2D eigenvalue weighted by atomic mass is 79.9. The summed E-state index contributed by atoms with van der Waals surface area (Å²) in [6.45, 7) is 4.93. The number of hydrogen-bond acceptors (Lipinski definition) is 3. The number of rotatable bonds is 7. The lowest BCUT2D eigenvalue weighted by molar-refractivity contribution is 0.313. The van der Waals surface area contributed by atoms with Crippen LogP contribution >= 0.6 is 27.7 Å². The van der Waals surface area contributed by atoms with E-state index in [0.717, 1.165) is 42.3 Å². The zero-order valence-corrected chi connectivity index (χ0v) is 13.9. The van der Waals surface area contributed by atoms with E-state index in [4.69, 9.17) is 4.74 Å². The number of thioether (sulfide) groups is 1. The van der Waals surface area contributed by atoms with Crippen molar-refractivity contribution < 1.29 is 4.74 Å². The zero-order chi connectivity index (χ0) is 13.5. The molecule has 4 heteroatoms. The molecule has 0 saturated carbocycles. The maximum Gasteiger partial charge on any atom is 0.123 e. The molecule has 0 aromatic heterocycles. The highest BCUT2D eigenvalue weighted by molar-refractivity contribution is 9.10. The van der Waals surface area contributed by atoms with E-state index in [1.54, 1.807) is 0 Å². The van der Waals surface area contributed by atoms with Crippen molar-refractivity contribution in [2.45, 2.75) is 26.3 Å². The van der Waals surface area contributed by atoms with E-state index in [9.17, 15) is 0 Å². The second kappa shape index (κ2) is 8.18. The van der Waals surface area contributed by atoms with Crippen LogP contribution in [0, 0.1) is 5.92 Å². The van der Waals surface area contributed by atoms with E-state index in [1.165, 1.54) is 23.5 Å². The number of benzene rings is 1. The maximum atomic E-state index is 5.80. The fourth-order valence-electron chi connectivity index (χ4n) is 2.19. The average Bonchev–Trinajstić information content (AvgIpc) is 2.91. The van der Waals surface area contributed by atoms with Gasteiger partial charge in [-0.3, -0.25) is 0 Å². The highest BCUT2D eigenvalue weighted by Crippen LogP contribution is 2.25. The quantitative estimate of drug-likeness (QED) is 0.805. The predicted molar refractivity (Wildman–Crippen MR) is 87.1 cm³/mol. The molecular formula is C15H22BrNOS. The van der Waals surface area contributed by atoms with Crippen LogP contribution in [0.2, 0.25) is 0 Å². The van der Waals surface area contributed by atoms with E-state index in [1.807, 2.05) is 6.07 Å². The molecule has 19 heavy (non-hydrogen) atoms. The zero-order valence-electron chi connectivity index (χ0n) is 11.5. The largest absolute Gasteiger partial charge is 0.493 e. The Bertz CT molecular complexity index is 394. The van der Waals surface area contributed by atoms with Crippen LogP contribution in [0.3, 0.4) is 0 Å². The lowest BCUT2D eigenvalue weighted by Gasteiger charge is -2.14. The monoisotopic (exact) mass is 343 g/mol. The lowest BCUT2D eigenvalue weighted by atomic mass is 10.1. The van der Waals surface area contributed by atoms with Gasteiger partial charge in [-0.2, -0.15) is 11.8 Å². The minimum absolute atomic E-state index is 0.786. The topological polar surface area (TPSA) is 21.3 Å². The molecule has 1 N–H and O–H groups in total. The maximum absolute atomic E-state index is 5.80. The highest BCUT2D eigenvalue weighted by Gasteiger charge is 2.15. The molecule has 0 radical (unpaired) electrons.